The fourth-order valence-corrected chi connectivity index (χ4v) is 1.77. The van der Waals surface area contributed by atoms with Crippen molar-refractivity contribution in [1.29, 1.82) is 0 Å². The lowest BCUT2D eigenvalue weighted by Gasteiger charge is -2.11. The molecule has 82 valence electrons. The Morgan fingerprint density at radius 2 is 1.81 bits per heavy atom. The van der Waals surface area contributed by atoms with Gasteiger partial charge in [-0.2, -0.15) is 0 Å². The van der Waals surface area contributed by atoms with Crippen molar-refractivity contribution >= 4 is 11.6 Å². The molecule has 2 nitrogen and oxygen atoms in total. The number of pyridine rings is 1. The monoisotopic (exact) mass is 232 g/mol. The van der Waals surface area contributed by atoms with Crippen LogP contribution in [0, 0.1) is 0 Å². The van der Waals surface area contributed by atoms with E-state index < -0.39 is 0 Å². The van der Waals surface area contributed by atoms with Gasteiger partial charge in [-0.05, 0) is 24.1 Å². The first kappa shape index (κ1) is 11.1. The van der Waals surface area contributed by atoms with E-state index in [1.54, 1.807) is 6.07 Å². The Balaban J connectivity index is 2.12. The fourth-order valence-electron chi connectivity index (χ4n) is 1.60. The van der Waals surface area contributed by atoms with Crippen molar-refractivity contribution in [2.75, 3.05) is 0 Å². The second-order valence-electron chi connectivity index (χ2n) is 3.68. The zero-order chi connectivity index (χ0) is 11.4. The van der Waals surface area contributed by atoms with E-state index in [2.05, 4.69) is 17.1 Å². The predicted molar refractivity (Wildman–Crippen MR) is 66.3 cm³/mol. The summed E-state index contributed by atoms with van der Waals surface area (Å²) in [5.41, 5.74) is 8.11. The summed E-state index contributed by atoms with van der Waals surface area (Å²) < 4.78 is 0. The third kappa shape index (κ3) is 2.81. The molecule has 1 unspecified atom stereocenters. The van der Waals surface area contributed by atoms with Gasteiger partial charge in [-0.25, -0.2) is 4.98 Å². The van der Waals surface area contributed by atoms with Gasteiger partial charge in [0.2, 0.25) is 0 Å². The molecule has 0 saturated heterocycles. The molecule has 0 saturated carbocycles. The Kier molecular flexibility index (Phi) is 3.54. The number of benzene rings is 1. The number of hydrogen-bond donors (Lipinski definition) is 1. The Bertz CT molecular complexity index is 456. The maximum Gasteiger partial charge on any atom is 0.129 e. The van der Waals surface area contributed by atoms with Crippen molar-refractivity contribution in [1.82, 2.24) is 4.98 Å². The molecular formula is C13H13ClN2. The molecule has 16 heavy (non-hydrogen) atoms. The normalized spacial score (nSPS) is 12.4. The zero-order valence-corrected chi connectivity index (χ0v) is 9.56. The van der Waals surface area contributed by atoms with E-state index in [0.717, 1.165) is 12.1 Å². The quantitative estimate of drug-likeness (QED) is 0.827. The summed E-state index contributed by atoms with van der Waals surface area (Å²) >= 11 is 5.83. The first-order valence-corrected chi connectivity index (χ1v) is 5.55. The molecule has 1 aromatic heterocycles. The van der Waals surface area contributed by atoms with E-state index >= 15 is 0 Å². The lowest BCUT2D eigenvalue weighted by atomic mass is 10.0. The van der Waals surface area contributed by atoms with Crippen LogP contribution in [0.4, 0.5) is 0 Å². The number of nitrogens with two attached hydrogens (primary N) is 1. The second-order valence-corrected chi connectivity index (χ2v) is 4.07. The minimum absolute atomic E-state index is 0.110. The number of aromatic nitrogens is 1. The molecule has 0 amide bonds. The lowest BCUT2D eigenvalue weighted by Crippen LogP contribution is -2.14. The van der Waals surface area contributed by atoms with E-state index in [9.17, 15) is 0 Å². The highest BCUT2D eigenvalue weighted by Crippen LogP contribution is 2.15. The molecule has 0 radical (unpaired) electrons. The van der Waals surface area contributed by atoms with E-state index in [4.69, 9.17) is 17.3 Å². The predicted octanol–water partition coefficient (Wildman–Crippen LogP) is 2.98. The van der Waals surface area contributed by atoms with Gasteiger partial charge in [0.25, 0.3) is 0 Å². The van der Waals surface area contributed by atoms with Crippen LogP contribution in [-0.2, 0) is 6.42 Å². The highest BCUT2D eigenvalue weighted by Gasteiger charge is 2.08. The van der Waals surface area contributed by atoms with Crippen molar-refractivity contribution in [3.63, 3.8) is 0 Å². The molecule has 2 aromatic rings. The molecule has 0 aliphatic heterocycles. The fraction of sp³-hybridized carbons (Fsp3) is 0.154. The minimum atomic E-state index is -0.110. The molecule has 0 bridgehead atoms. The Morgan fingerprint density at radius 1 is 1.06 bits per heavy atom. The van der Waals surface area contributed by atoms with E-state index in [1.165, 1.54) is 5.56 Å². The van der Waals surface area contributed by atoms with Crippen LogP contribution < -0.4 is 5.73 Å². The molecule has 1 heterocycles. The molecule has 0 spiro atoms. The van der Waals surface area contributed by atoms with Crippen LogP contribution in [0.15, 0.2) is 48.5 Å². The van der Waals surface area contributed by atoms with Gasteiger partial charge in [-0.15, -0.1) is 0 Å². The van der Waals surface area contributed by atoms with Crippen LogP contribution >= 0.6 is 11.6 Å². The van der Waals surface area contributed by atoms with Gasteiger partial charge in [0.1, 0.15) is 5.15 Å². The second kappa shape index (κ2) is 5.10. The third-order valence-electron chi connectivity index (χ3n) is 2.41. The Labute approximate surface area is 100 Å². The number of nitrogens with zero attached hydrogens (tertiary/aromatic N) is 1. The summed E-state index contributed by atoms with van der Waals surface area (Å²) in [4.78, 5) is 4.21. The maximum atomic E-state index is 6.07. The van der Waals surface area contributed by atoms with Gasteiger partial charge >= 0.3 is 0 Å². The molecule has 2 rings (SSSR count). The van der Waals surface area contributed by atoms with Crippen molar-refractivity contribution in [3.05, 3.63) is 64.9 Å². The molecule has 2 N–H and O–H groups in total. The van der Waals surface area contributed by atoms with Crippen molar-refractivity contribution in [3.8, 4) is 0 Å². The summed E-state index contributed by atoms with van der Waals surface area (Å²) in [6.07, 6.45) is 0.772. The lowest BCUT2D eigenvalue weighted by molar-refractivity contribution is 0.696. The van der Waals surface area contributed by atoms with Crippen LogP contribution in [-0.4, -0.2) is 4.98 Å². The Morgan fingerprint density at radius 3 is 2.50 bits per heavy atom. The molecule has 0 fully saturated rings. The molecule has 1 aromatic carbocycles. The highest BCUT2D eigenvalue weighted by atomic mass is 35.5. The first-order valence-electron chi connectivity index (χ1n) is 5.17. The summed E-state index contributed by atoms with van der Waals surface area (Å²) in [6.45, 7) is 0. The summed E-state index contributed by atoms with van der Waals surface area (Å²) in [5, 5.41) is 0.487. The molecule has 3 heteroatoms. The SMILES string of the molecule is NC(Cc1ccccc1)c1cccc(Cl)n1. The van der Waals surface area contributed by atoms with Crippen molar-refractivity contribution < 1.29 is 0 Å². The number of rotatable bonds is 3. The largest absolute Gasteiger partial charge is 0.322 e. The van der Waals surface area contributed by atoms with Crippen LogP contribution in [0.25, 0.3) is 0 Å². The summed E-state index contributed by atoms with van der Waals surface area (Å²) in [6, 6.07) is 15.5. The van der Waals surface area contributed by atoms with Crippen molar-refractivity contribution in [2.45, 2.75) is 12.5 Å². The average molecular weight is 233 g/mol. The van der Waals surface area contributed by atoms with Gasteiger partial charge < -0.3 is 5.73 Å². The third-order valence-corrected chi connectivity index (χ3v) is 2.63. The number of halogens is 1. The van der Waals surface area contributed by atoms with Crippen LogP contribution in [0.5, 0.6) is 0 Å². The molecular weight excluding hydrogens is 220 g/mol. The van der Waals surface area contributed by atoms with Gasteiger partial charge in [-0.3, -0.25) is 0 Å². The number of hydrogen-bond acceptors (Lipinski definition) is 2. The van der Waals surface area contributed by atoms with Crippen LogP contribution in [0.3, 0.4) is 0 Å². The van der Waals surface area contributed by atoms with Crippen LogP contribution in [0.1, 0.15) is 17.3 Å². The first-order chi connectivity index (χ1) is 7.75. The van der Waals surface area contributed by atoms with Gasteiger partial charge in [0.05, 0.1) is 11.7 Å². The average Bonchev–Trinajstić information content (AvgIpc) is 2.30. The van der Waals surface area contributed by atoms with E-state index in [-0.39, 0.29) is 6.04 Å². The summed E-state index contributed by atoms with van der Waals surface area (Å²) in [7, 11) is 0. The molecule has 0 aliphatic rings. The van der Waals surface area contributed by atoms with E-state index in [0.29, 0.717) is 5.15 Å². The smallest absolute Gasteiger partial charge is 0.129 e. The van der Waals surface area contributed by atoms with Crippen molar-refractivity contribution in [2.24, 2.45) is 5.73 Å². The standard InChI is InChI=1S/C13H13ClN2/c14-13-8-4-7-12(16-13)11(15)9-10-5-2-1-3-6-10/h1-8,11H,9,15H2. The van der Waals surface area contributed by atoms with Gasteiger partial charge in [0, 0.05) is 0 Å². The summed E-state index contributed by atoms with van der Waals surface area (Å²) in [5.74, 6) is 0. The Hall–Kier alpha value is -1.38. The van der Waals surface area contributed by atoms with Gasteiger partial charge in [-0.1, -0.05) is 48.0 Å². The van der Waals surface area contributed by atoms with Gasteiger partial charge in [0.15, 0.2) is 0 Å². The van der Waals surface area contributed by atoms with Crippen LogP contribution in [0.2, 0.25) is 5.15 Å². The minimum Gasteiger partial charge on any atom is -0.322 e. The molecule has 0 aliphatic carbocycles. The zero-order valence-electron chi connectivity index (χ0n) is 8.81. The van der Waals surface area contributed by atoms with E-state index in [1.807, 2.05) is 30.3 Å². The maximum absolute atomic E-state index is 6.07. The molecule has 1 atom stereocenters. The highest BCUT2D eigenvalue weighted by molar-refractivity contribution is 6.29. The topological polar surface area (TPSA) is 38.9 Å².